The number of rotatable bonds is 7. The van der Waals surface area contributed by atoms with E-state index in [1.54, 1.807) is 13.0 Å². The maximum Gasteiger partial charge on any atom is 0.158 e. The molecule has 3 rings (SSSR count). The summed E-state index contributed by atoms with van der Waals surface area (Å²) in [5.41, 5.74) is 1.13. The Kier molecular flexibility index (Phi) is 9.04. The van der Waals surface area contributed by atoms with Gasteiger partial charge in [-0.1, -0.05) is 44.8 Å². The normalized spacial score (nSPS) is 29.7. The average Bonchev–Trinajstić information content (AvgIpc) is 2.79. The van der Waals surface area contributed by atoms with Crippen molar-refractivity contribution in [1.29, 1.82) is 0 Å². The fourth-order valence-corrected chi connectivity index (χ4v) is 5.73. The van der Waals surface area contributed by atoms with Crippen molar-refractivity contribution in [2.24, 2.45) is 23.7 Å². The Bertz CT molecular complexity index is 728. The van der Waals surface area contributed by atoms with Crippen LogP contribution in [0.5, 0.6) is 0 Å². The third-order valence-electron chi connectivity index (χ3n) is 7.73. The first-order chi connectivity index (χ1) is 14.9. The van der Waals surface area contributed by atoms with Crippen molar-refractivity contribution in [3.63, 3.8) is 0 Å². The minimum absolute atomic E-state index is 0.0938. The molecule has 1 atom stereocenters. The molecule has 0 spiro atoms. The molecule has 0 amide bonds. The minimum atomic E-state index is -0.636. The molecule has 3 aliphatic carbocycles. The first kappa shape index (κ1) is 24.3. The van der Waals surface area contributed by atoms with Crippen LogP contribution in [0.1, 0.15) is 97.3 Å². The summed E-state index contributed by atoms with van der Waals surface area (Å²) in [5, 5.41) is 0. The summed E-state index contributed by atoms with van der Waals surface area (Å²) in [6, 6.07) is 0. The summed E-state index contributed by atoms with van der Waals surface area (Å²) in [7, 11) is 0. The van der Waals surface area contributed by atoms with Gasteiger partial charge in [-0.05, 0) is 87.2 Å². The van der Waals surface area contributed by atoms with Gasteiger partial charge >= 0.3 is 0 Å². The second-order valence-electron chi connectivity index (χ2n) is 9.87. The summed E-state index contributed by atoms with van der Waals surface area (Å²) in [6.07, 6.45) is 14.8. The third-order valence-corrected chi connectivity index (χ3v) is 7.73. The van der Waals surface area contributed by atoms with Crippen molar-refractivity contribution in [1.82, 2.24) is 0 Å². The van der Waals surface area contributed by atoms with Gasteiger partial charge in [-0.3, -0.25) is 0 Å². The molecule has 31 heavy (non-hydrogen) atoms. The van der Waals surface area contributed by atoms with Crippen molar-refractivity contribution in [2.75, 3.05) is 0 Å². The summed E-state index contributed by atoms with van der Waals surface area (Å²) in [5.74, 6) is -2.10. The van der Waals surface area contributed by atoms with Crippen molar-refractivity contribution in [3.05, 3.63) is 46.6 Å². The van der Waals surface area contributed by atoms with Crippen LogP contribution in [0.3, 0.4) is 0 Å². The molecular weight excluding hydrogens is 400 g/mol. The van der Waals surface area contributed by atoms with Gasteiger partial charge in [0.2, 0.25) is 0 Å². The van der Waals surface area contributed by atoms with Crippen molar-refractivity contribution < 1.29 is 17.6 Å². The van der Waals surface area contributed by atoms with Crippen LogP contribution in [0.25, 0.3) is 0 Å². The van der Waals surface area contributed by atoms with Gasteiger partial charge in [0.05, 0.1) is 0 Å². The summed E-state index contributed by atoms with van der Waals surface area (Å²) < 4.78 is 57.5. The van der Waals surface area contributed by atoms with Gasteiger partial charge in [-0.25, -0.2) is 17.6 Å². The molecule has 0 aromatic carbocycles. The molecule has 0 radical (unpaired) electrons. The molecule has 174 valence electrons. The molecule has 0 nitrogen and oxygen atoms in total. The van der Waals surface area contributed by atoms with Crippen LogP contribution < -0.4 is 0 Å². The van der Waals surface area contributed by atoms with Crippen LogP contribution in [0.15, 0.2) is 46.6 Å². The van der Waals surface area contributed by atoms with Crippen LogP contribution in [0.2, 0.25) is 0 Å². The summed E-state index contributed by atoms with van der Waals surface area (Å²) >= 11 is 0. The van der Waals surface area contributed by atoms with Crippen LogP contribution >= 0.6 is 0 Å². The van der Waals surface area contributed by atoms with Crippen LogP contribution in [0, 0.1) is 23.7 Å². The molecule has 2 saturated carbocycles. The Hall–Kier alpha value is -1.32. The highest BCUT2D eigenvalue weighted by Crippen LogP contribution is 2.43. The summed E-state index contributed by atoms with van der Waals surface area (Å²) in [6.45, 7) is 3.52. The fourth-order valence-electron chi connectivity index (χ4n) is 5.73. The molecule has 4 heteroatoms. The van der Waals surface area contributed by atoms with E-state index in [1.165, 1.54) is 6.42 Å². The van der Waals surface area contributed by atoms with E-state index in [4.69, 9.17) is 0 Å². The predicted octanol–water partition coefficient (Wildman–Crippen LogP) is 9.76. The number of hydrogen-bond donors (Lipinski definition) is 0. The molecule has 1 unspecified atom stereocenters. The first-order valence-corrected chi connectivity index (χ1v) is 12.4. The maximum atomic E-state index is 14.7. The lowest BCUT2D eigenvalue weighted by atomic mass is 9.75. The average molecular weight is 439 g/mol. The van der Waals surface area contributed by atoms with E-state index in [-0.39, 0.29) is 24.2 Å². The fraction of sp³-hybridized carbons (Fsp3) is 0.704. The lowest BCUT2D eigenvalue weighted by Gasteiger charge is -2.31. The lowest BCUT2D eigenvalue weighted by Crippen LogP contribution is -2.19. The highest BCUT2D eigenvalue weighted by Gasteiger charge is 2.30. The van der Waals surface area contributed by atoms with Crippen LogP contribution in [-0.4, -0.2) is 0 Å². The standard InChI is InChI=1S/C27H38F4/c1-3-22(20-9-5-4-6-10-20)26(30)24(28)11-7-8-19-13-15-21(16-14-19)23-17-12-18(2)25(29)27(23)31/h3,17-21H,4-16H2,1-2H3/b22-3-,26-24-. The lowest BCUT2D eigenvalue weighted by molar-refractivity contribution is 0.275. The van der Waals surface area contributed by atoms with E-state index >= 15 is 0 Å². The van der Waals surface area contributed by atoms with E-state index in [0.717, 1.165) is 57.8 Å². The molecule has 0 aliphatic heterocycles. The second kappa shape index (κ2) is 11.5. The van der Waals surface area contributed by atoms with Gasteiger partial charge in [-0.2, -0.15) is 0 Å². The predicted molar refractivity (Wildman–Crippen MR) is 120 cm³/mol. The Labute approximate surface area is 185 Å². The Balaban J connectivity index is 1.45. The number of halogens is 4. The van der Waals surface area contributed by atoms with E-state index in [0.29, 0.717) is 29.9 Å². The van der Waals surface area contributed by atoms with Crippen molar-refractivity contribution in [2.45, 2.75) is 97.3 Å². The van der Waals surface area contributed by atoms with Gasteiger partial charge in [-0.15, -0.1) is 0 Å². The van der Waals surface area contributed by atoms with Gasteiger partial charge in [0.1, 0.15) is 11.7 Å². The zero-order valence-electron chi connectivity index (χ0n) is 19.2. The highest BCUT2D eigenvalue weighted by molar-refractivity contribution is 5.34. The molecule has 3 aliphatic rings. The minimum Gasteiger partial charge on any atom is -0.209 e. The van der Waals surface area contributed by atoms with E-state index < -0.39 is 23.3 Å². The summed E-state index contributed by atoms with van der Waals surface area (Å²) in [4.78, 5) is 0. The van der Waals surface area contributed by atoms with Gasteiger partial charge in [0.15, 0.2) is 11.7 Å². The molecule has 2 fully saturated rings. The SMILES string of the molecule is C/C=C(\C(F)=C(\F)CCCC1CCC(C2=CCC(C)C(F)=C2F)CC1)C1CCCCC1. The highest BCUT2D eigenvalue weighted by atomic mass is 19.2. The molecule has 0 N–H and O–H groups in total. The number of allylic oxidation sites excluding steroid dienone is 8. The second-order valence-corrected chi connectivity index (χ2v) is 9.87. The molecular formula is C27H38F4. The smallest absolute Gasteiger partial charge is 0.158 e. The molecule has 0 saturated heterocycles. The number of hydrogen-bond acceptors (Lipinski definition) is 0. The first-order valence-electron chi connectivity index (χ1n) is 12.4. The van der Waals surface area contributed by atoms with Crippen LogP contribution in [-0.2, 0) is 0 Å². The topological polar surface area (TPSA) is 0 Å². The Morgan fingerprint density at radius 3 is 2.32 bits per heavy atom. The monoisotopic (exact) mass is 438 g/mol. The van der Waals surface area contributed by atoms with E-state index in [1.807, 2.05) is 13.0 Å². The zero-order chi connectivity index (χ0) is 22.4. The Morgan fingerprint density at radius 2 is 1.68 bits per heavy atom. The molecule has 0 heterocycles. The van der Waals surface area contributed by atoms with Gasteiger partial charge < -0.3 is 0 Å². The van der Waals surface area contributed by atoms with Gasteiger partial charge in [0, 0.05) is 12.3 Å². The maximum absolute atomic E-state index is 14.7. The molecule has 0 aromatic rings. The third kappa shape index (κ3) is 6.14. The van der Waals surface area contributed by atoms with Crippen molar-refractivity contribution >= 4 is 0 Å². The van der Waals surface area contributed by atoms with Crippen LogP contribution in [0.4, 0.5) is 17.6 Å². The largest absolute Gasteiger partial charge is 0.209 e. The molecule has 0 aromatic heterocycles. The molecule has 0 bridgehead atoms. The van der Waals surface area contributed by atoms with Crippen molar-refractivity contribution in [3.8, 4) is 0 Å². The van der Waals surface area contributed by atoms with E-state index in [2.05, 4.69) is 0 Å². The zero-order valence-corrected chi connectivity index (χ0v) is 19.2. The Morgan fingerprint density at radius 1 is 1.00 bits per heavy atom. The quantitative estimate of drug-likeness (QED) is 0.274. The van der Waals surface area contributed by atoms with E-state index in [9.17, 15) is 17.6 Å². The van der Waals surface area contributed by atoms with Gasteiger partial charge in [0.25, 0.3) is 0 Å².